The number of ether oxygens (including phenoxy) is 1. The molecule has 9 heteroatoms. The van der Waals surface area contributed by atoms with Crippen molar-refractivity contribution < 1.29 is 14.5 Å². The maximum absolute atomic E-state index is 12.3. The van der Waals surface area contributed by atoms with Gasteiger partial charge in [-0.05, 0) is 11.6 Å². The zero-order valence-corrected chi connectivity index (χ0v) is 17.6. The van der Waals surface area contributed by atoms with E-state index in [1.165, 1.54) is 35.1 Å². The molecule has 3 aromatic rings. The number of nitrogens with zero attached hydrogens (tertiary/aromatic N) is 3. The van der Waals surface area contributed by atoms with Crippen molar-refractivity contribution in [3.8, 4) is 10.6 Å². The Bertz CT molecular complexity index is 1060. The van der Waals surface area contributed by atoms with Crippen molar-refractivity contribution in [2.75, 3.05) is 31.6 Å². The number of morpholine rings is 1. The van der Waals surface area contributed by atoms with Crippen molar-refractivity contribution in [3.05, 3.63) is 75.3 Å². The van der Waals surface area contributed by atoms with Crippen LogP contribution in [0.15, 0.2) is 53.9 Å². The van der Waals surface area contributed by atoms with E-state index in [-0.39, 0.29) is 18.0 Å². The van der Waals surface area contributed by atoms with Crippen LogP contribution in [0.4, 0.5) is 11.4 Å². The van der Waals surface area contributed by atoms with Gasteiger partial charge in [0.1, 0.15) is 5.01 Å². The highest BCUT2D eigenvalue weighted by Crippen LogP contribution is 2.25. The number of hydrogen-bond acceptors (Lipinski definition) is 7. The van der Waals surface area contributed by atoms with E-state index in [2.05, 4.69) is 39.5 Å². The number of carbonyl (C=O) groups excluding carboxylic acids is 1. The number of thiazole rings is 1. The molecule has 8 nitrogen and oxygen atoms in total. The molecule has 0 bridgehead atoms. The first-order valence-electron chi connectivity index (χ1n) is 9.95. The van der Waals surface area contributed by atoms with E-state index < -0.39 is 4.92 Å². The molecule has 0 atom stereocenters. The second kappa shape index (κ2) is 9.78. The number of amides is 1. The van der Waals surface area contributed by atoms with Crippen LogP contribution in [-0.2, 0) is 22.5 Å². The van der Waals surface area contributed by atoms with Gasteiger partial charge in [0.25, 0.3) is 5.69 Å². The van der Waals surface area contributed by atoms with Crippen LogP contribution in [-0.4, -0.2) is 47.0 Å². The summed E-state index contributed by atoms with van der Waals surface area (Å²) in [5.41, 5.74) is 3.26. The minimum absolute atomic E-state index is 0.0641. The summed E-state index contributed by atoms with van der Waals surface area (Å²) >= 11 is 1.49. The summed E-state index contributed by atoms with van der Waals surface area (Å²) in [6, 6.07) is 14.2. The number of aromatic nitrogens is 1. The van der Waals surface area contributed by atoms with E-state index in [4.69, 9.17) is 4.74 Å². The van der Waals surface area contributed by atoms with Crippen molar-refractivity contribution in [2.45, 2.75) is 13.0 Å². The van der Waals surface area contributed by atoms with Crippen LogP contribution in [0.2, 0.25) is 0 Å². The average Bonchev–Trinajstić information content (AvgIpc) is 3.23. The van der Waals surface area contributed by atoms with Crippen LogP contribution in [0.3, 0.4) is 0 Å². The fourth-order valence-corrected chi connectivity index (χ4v) is 4.18. The monoisotopic (exact) mass is 438 g/mol. The molecule has 1 aromatic heterocycles. The van der Waals surface area contributed by atoms with Gasteiger partial charge in [-0.15, -0.1) is 11.3 Å². The van der Waals surface area contributed by atoms with Gasteiger partial charge < -0.3 is 10.1 Å². The zero-order valence-electron chi connectivity index (χ0n) is 16.8. The Morgan fingerprint density at radius 1 is 1.19 bits per heavy atom. The van der Waals surface area contributed by atoms with Crippen molar-refractivity contribution in [1.29, 1.82) is 0 Å². The van der Waals surface area contributed by atoms with Gasteiger partial charge in [-0.2, -0.15) is 0 Å². The molecule has 31 heavy (non-hydrogen) atoms. The van der Waals surface area contributed by atoms with Gasteiger partial charge in [0, 0.05) is 48.4 Å². The molecule has 0 unspecified atom stereocenters. The van der Waals surface area contributed by atoms with Crippen LogP contribution in [0.25, 0.3) is 10.6 Å². The number of anilines is 1. The largest absolute Gasteiger partial charge is 0.379 e. The molecular weight excluding hydrogens is 416 g/mol. The molecule has 2 aromatic carbocycles. The summed E-state index contributed by atoms with van der Waals surface area (Å²) in [5.74, 6) is -0.266. The van der Waals surface area contributed by atoms with E-state index in [0.717, 1.165) is 43.4 Å². The number of hydrogen-bond donors (Lipinski definition) is 1. The van der Waals surface area contributed by atoms with Crippen molar-refractivity contribution in [1.82, 2.24) is 9.88 Å². The molecule has 0 spiro atoms. The lowest BCUT2D eigenvalue weighted by molar-refractivity contribution is -0.384. The van der Waals surface area contributed by atoms with Gasteiger partial charge in [0.15, 0.2) is 0 Å². The molecule has 1 amide bonds. The fourth-order valence-electron chi connectivity index (χ4n) is 3.36. The smallest absolute Gasteiger partial charge is 0.271 e. The fraction of sp³-hybridized carbons (Fsp3) is 0.273. The van der Waals surface area contributed by atoms with Gasteiger partial charge in [-0.1, -0.05) is 30.3 Å². The number of nitrogens with one attached hydrogen (secondary N) is 1. The topological polar surface area (TPSA) is 97.6 Å². The molecule has 160 valence electrons. The summed E-state index contributed by atoms with van der Waals surface area (Å²) in [6.07, 6.45) is 0.105. The van der Waals surface area contributed by atoms with Crippen molar-refractivity contribution >= 4 is 28.6 Å². The zero-order chi connectivity index (χ0) is 21.6. The van der Waals surface area contributed by atoms with Crippen molar-refractivity contribution in [2.24, 2.45) is 0 Å². The Morgan fingerprint density at radius 2 is 1.97 bits per heavy atom. The number of nitro groups is 1. The molecular formula is C22H22N4O4S. The standard InChI is InChI=1S/C22H22N4O4S/c27-21(23-18-2-1-3-20(12-18)26(28)29)13-19-15-31-22(24-19)17-6-4-16(5-7-17)14-25-8-10-30-11-9-25/h1-7,12,15H,8-11,13-14H2,(H,23,27). The second-order valence-corrected chi connectivity index (χ2v) is 8.12. The Balaban J connectivity index is 1.35. The maximum atomic E-state index is 12.3. The summed E-state index contributed by atoms with van der Waals surface area (Å²) in [6.45, 7) is 4.39. The normalized spacial score (nSPS) is 14.3. The summed E-state index contributed by atoms with van der Waals surface area (Å²) in [5, 5.41) is 16.3. The van der Waals surface area contributed by atoms with Crippen LogP contribution >= 0.6 is 11.3 Å². The van der Waals surface area contributed by atoms with E-state index in [0.29, 0.717) is 11.4 Å². The molecule has 4 rings (SSSR count). The number of non-ortho nitro benzene ring substituents is 1. The van der Waals surface area contributed by atoms with Gasteiger partial charge >= 0.3 is 0 Å². The third kappa shape index (κ3) is 5.72. The van der Waals surface area contributed by atoms with Crippen LogP contribution in [0.1, 0.15) is 11.3 Å². The predicted octanol–water partition coefficient (Wildman–Crippen LogP) is 3.73. The molecule has 2 heterocycles. The number of rotatable bonds is 7. The number of carbonyl (C=O) groups is 1. The van der Waals surface area contributed by atoms with Crippen LogP contribution < -0.4 is 5.32 Å². The lowest BCUT2D eigenvalue weighted by Crippen LogP contribution is -2.35. The van der Waals surface area contributed by atoms with Gasteiger partial charge in [0.05, 0.1) is 30.3 Å². The maximum Gasteiger partial charge on any atom is 0.271 e. The molecule has 1 aliphatic rings. The molecule has 1 saturated heterocycles. The molecule has 0 aliphatic carbocycles. The van der Waals surface area contributed by atoms with Gasteiger partial charge in [0.2, 0.25) is 5.91 Å². The highest BCUT2D eigenvalue weighted by atomic mass is 32.1. The minimum Gasteiger partial charge on any atom is -0.379 e. The highest BCUT2D eigenvalue weighted by molar-refractivity contribution is 7.13. The van der Waals surface area contributed by atoms with Gasteiger partial charge in [-0.25, -0.2) is 4.98 Å². The van der Waals surface area contributed by atoms with Gasteiger partial charge in [-0.3, -0.25) is 19.8 Å². The van der Waals surface area contributed by atoms with E-state index in [1.807, 2.05) is 5.38 Å². The van der Waals surface area contributed by atoms with E-state index in [1.54, 1.807) is 6.07 Å². The van der Waals surface area contributed by atoms with Crippen molar-refractivity contribution in [3.63, 3.8) is 0 Å². The summed E-state index contributed by atoms with van der Waals surface area (Å²) in [7, 11) is 0. The van der Waals surface area contributed by atoms with E-state index >= 15 is 0 Å². The molecule has 0 saturated carbocycles. The minimum atomic E-state index is -0.491. The van der Waals surface area contributed by atoms with Crippen LogP contribution in [0, 0.1) is 10.1 Å². The molecule has 1 N–H and O–H groups in total. The third-order valence-corrected chi connectivity index (χ3v) is 5.89. The first-order valence-corrected chi connectivity index (χ1v) is 10.8. The first-order chi connectivity index (χ1) is 15.1. The van der Waals surface area contributed by atoms with Crippen LogP contribution in [0.5, 0.6) is 0 Å². The predicted molar refractivity (Wildman–Crippen MR) is 119 cm³/mol. The lowest BCUT2D eigenvalue weighted by Gasteiger charge is -2.26. The van der Waals surface area contributed by atoms with E-state index in [9.17, 15) is 14.9 Å². The second-order valence-electron chi connectivity index (χ2n) is 7.26. The Kier molecular flexibility index (Phi) is 6.66. The average molecular weight is 439 g/mol. The SMILES string of the molecule is O=C(Cc1csc(-c2ccc(CN3CCOCC3)cc2)n1)Nc1cccc([N+](=O)[O-])c1. The Hall–Kier alpha value is -3.14. The Labute approximate surface area is 183 Å². The molecule has 1 fully saturated rings. The number of nitro benzene ring substituents is 1. The Morgan fingerprint density at radius 3 is 2.71 bits per heavy atom. The highest BCUT2D eigenvalue weighted by Gasteiger charge is 2.13. The quantitative estimate of drug-likeness (QED) is 0.446. The third-order valence-electron chi connectivity index (χ3n) is 4.94. The molecule has 1 aliphatic heterocycles. The summed E-state index contributed by atoms with van der Waals surface area (Å²) < 4.78 is 5.39. The summed E-state index contributed by atoms with van der Waals surface area (Å²) in [4.78, 5) is 29.6. The lowest BCUT2D eigenvalue weighted by atomic mass is 10.1. The number of benzene rings is 2. The first kappa shape index (κ1) is 21.1. The molecule has 0 radical (unpaired) electrons.